The number of hydrogen-bond donors (Lipinski definition) is 2. The quantitative estimate of drug-likeness (QED) is 0.455. The number of halogens is 2. The molecular formula is C8H9BClIO4S. The fourth-order valence-corrected chi connectivity index (χ4v) is 2.97. The molecule has 0 spiro atoms. The van der Waals surface area contributed by atoms with Gasteiger partial charge < -0.3 is 10.0 Å². The molecule has 0 atom stereocenters. The molecule has 4 nitrogen and oxygen atoms in total. The smallest absolute Gasteiger partial charge is 0.423 e. The Morgan fingerprint density at radius 2 is 2.00 bits per heavy atom. The first kappa shape index (κ1) is 14.2. The van der Waals surface area contributed by atoms with Gasteiger partial charge in [-0.05, 0) is 52.2 Å². The van der Waals surface area contributed by atoms with Gasteiger partial charge >= 0.3 is 7.12 Å². The Morgan fingerprint density at radius 3 is 2.44 bits per heavy atom. The zero-order valence-corrected chi connectivity index (χ0v) is 12.0. The fraction of sp³-hybridized carbons (Fsp3) is 0.250. The lowest BCUT2D eigenvalue weighted by atomic mass is 9.79. The van der Waals surface area contributed by atoms with E-state index in [9.17, 15) is 8.42 Å². The van der Waals surface area contributed by atoms with Crippen LogP contribution in [0.4, 0.5) is 0 Å². The van der Waals surface area contributed by atoms with Gasteiger partial charge in [0.1, 0.15) is 0 Å². The normalized spacial score (nSPS) is 11.6. The molecule has 16 heavy (non-hydrogen) atoms. The van der Waals surface area contributed by atoms with Crippen LogP contribution in [0.5, 0.6) is 0 Å². The Labute approximate surface area is 112 Å². The maximum absolute atomic E-state index is 11.0. The summed E-state index contributed by atoms with van der Waals surface area (Å²) in [6.07, 6.45) is 0. The van der Waals surface area contributed by atoms with Crippen LogP contribution in [0.1, 0.15) is 11.1 Å². The highest BCUT2D eigenvalue weighted by molar-refractivity contribution is 14.1. The fourth-order valence-electron chi connectivity index (χ4n) is 1.24. The minimum Gasteiger partial charge on any atom is -0.423 e. The van der Waals surface area contributed by atoms with Crippen LogP contribution >= 0.6 is 33.3 Å². The van der Waals surface area contributed by atoms with Gasteiger partial charge in [0.2, 0.25) is 9.05 Å². The van der Waals surface area contributed by atoms with E-state index < -0.39 is 16.2 Å². The van der Waals surface area contributed by atoms with E-state index in [0.717, 1.165) is 9.13 Å². The molecule has 0 heterocycles. The molecule has 0 aliphatic rings. The molecule has 1 rings (SSSR count). The third-order valence-corrected chi connectivity index (χ3v) is 4.20. The molecule has 0 bridgehead atoms. The lowest BCUT2D eigenvalue weighted by Gasteiger charge is -2.09. The summed E-state index contributed by atoms with van der Waals surface area (Å²) in [7, 11) is -0.104. The van der Waals surface area contributed by atoms with Gasteiger partial charge in [0.25, 0.3) is 0 Å². The van der Waals surface area contributed by atoms with Crippen molar-refractivity contribution in [3.8, 4) is 0 Å². The van der Waals surface area contributed by atoms with Crippen molar-refractivity contribution in [2.24, 2.45) is 0 Å². The SMILES string of the molecule is Cc1c(I)cc(B(O)O)cc1CS(=O)(=O)Cl. The summed E-state index contributed by atoms with van der Waals surface area (Å²) in [5.74, 6) is -0.322. The number of hydrogen-bond acceptors (Lipinski definition) is 4. The Hall–Kier alpha value is 0.175. The monoisotopic (exact) mass is 374 g/mol. The molecule has 0 radical (unpaired) electrons. The summed E-state index contributed by atoms with van der Waals surface area (Å²) in [5.41, 5.74) is 1.50. The first-order valence-electron chi connectivity index (χ1n) is 4.28. The van der Waals surface area contributed by atoms with E-state index in [-0.39, 0.29) is 11.2 Å². The van der Waals surface area contributed by atoms with Crippen molar-refractivity contribution in [2.75, 3.05) is 0 Å². The van der Waals surface area contributed by atoms with Crippen LogP contribution in [0.15, 0.2) is 12.1 Å². The van der Waals surface area contributed by atoms with E-state index in [1.165, 1.54) is 6.07 Å². The summed E-state index contributed by atoms with van der Waals surface area (Å²) in [6.45, 7) is 1.76. The van der Waals surface area contributed by atoms with E-state index in [2.05, 4.69) is 0 Å². The van der Waals surface area contributed by atoms with Gasteiger partial charge in [-0.1, -0.05) is 6.07 Å². The van der Waals surface area contributed by atoms with Crippen LogP contribution in [-0.2, 0) is 14.8 Å². The van der Waals surface area contributed by atoms with Crippen molar-refractivity contribution < 1.29 is 18.5 Å². The number of rotatable bonds is 3. The van der Waals surface area contributed by atoms with Crippen LogP contribution in [0.3, 0.4) is 0 Å². The average Bonchev–Trinajstić information content (AvgIpc) is 2.10. The second kappa shape index (κ2) is 5.22. The largest absolute Gasteiger partial charge is 0.488 e. The van der Waals surface area contributed by atoms with Gasteiger partial charge in [-0.3, -0.25) is 0 Å². The van der Waals surface area contributed by atoms with Gasteiger partial charge in [-0.15, -0.1) is 0 Å². The second-order valence-electron chi connectivity index (χ2n) is 3.34. The highest BCUT2D eigenvalue weighted by Gasteiger charge is 2.17. The summed E-state index contributed by atoms with van der Waals surface area (Å²) in [4.78, 5) is 0. The molecule has 0 saturated heterocycles. The summed E-state index contributed by atoms with van der Waals surface area (Å²) in [5, 5.41) is 18.1. The van der Waals surface area contributed by atoms with Crippen LogP contribution < -0.4 is 5.46 Å². The molecule has 1 aromatic carbocycles. The van der Waals surface area contributed by atoms with Crippen LogP contribution in [0, 0.1) is 10.5 Å². The molecule has 88 valence electrons. The topological polar surface area (TPSA) is 74.6 Å². The zero-order chi connectivity index (χ0) is 12.5. The van der Waals surface area contributed by atoms with Crippen molar-refractivity contribution in [1.82, 2.24) is 0 Å². The molecule has 8 heteroatoms. The van der Waals surface area contributed by atoms with Gasteiger partial charge in [0, 0.05) is 14.3 Å². The minimum atomic E-state index is -3.65. The van der Waals surface area contributed by atoms with Gasteiger partial charge in [0.05, 0.1) is 5.75 Å². The standard InChI is InChI=1S/C8H9BClIO4S/c1-5-6(4-16(10,14)15)2-7(9(12)13)3-8(5)11/h2-3,12-13H,4H2,1H3. The third kappa shape index (κ3) is 3.88. The summed E-state index contributed by atoms with van der Waals surface area (Å²) < 4.78 is 22.7. The Balaban J connectivity index is 3.27. The molecule has 0 unspecified atom stereocenters. The molecule has 0 aliphatic carbocycles. The predicted octanol–water partition coefficient (Wildman–Crippen LogP) is 0.348. The predicted molar refractivity (Wildman–Crippen MR) is 72.2 cm³/mol. The highest BCUT2D eigenvalue weighted by Crippen LogP contribution is 2.18. The van der Waals surface area contributed by atoms with Gasteiger partial charge in [-0.2, -0.15) is 0 Å². The molecule has 0 fully saturated rings. The molecule has 0 aliphatic heterocycles. The lowest BCUT2D eigenvalue weighted by molar-refractivity contribution is 0.425. The zero-order valence-electron chi connectivity index (χ0n) is 8.31. The van der Waals surface area contributed by atoms with E-state index in [4.69, 9.17) is 20.7 Å². The highest BCUT2D eigenvalue weighted by atomic mass is 127. The van der Waals surface area contributed by atoms with Crippen molar-refractivity contribution in [3.05, 3.63) is 26.8 Å². The van der Waals surface area contributed by atoms with E-state index in [1.54, 1.807) is 13.0 Å². The van der Waals surface area contributed by atoms with Crippen molar-refractivity contribution in [3.63, 3.8) is 0 Å². The van der Waals surface area contributed by atoms with E-state index >= 15 is 0 Å². The lowest BCUT2D eigenvalue weighted by Crippen LogP contribution is -2.31. The Kier molecular flexibility index (Phi) is 4.64. The third-order valence-electron chi connectivity index (χ3n) is 2.10. The van der Waals surface area contributed by atoms with Crippen molar-refractivity contribution in [1.29, 1.82) is 0 Å². The van der Waals surface area contributed by atoms with E-state index in [0.29, 0.717) is 5.56 Å². The maximum atomic E-state index is 11.0. The first-order chi connectivity index (χ1) is 7.20. The summed E-state index contributed by atoms with van der Waals surface area (Å²) >= 11 is 2.00. The van der Waals surface area contributed by atoms with Gasteiger partial charge in [0.15, 0.2) is 0 Å². The Morgan fingerprint density at radius 1 is 1.44 bits per heavy atom. The van der Waals surface area contributed by atoms with Gasteiger partial charge in [-0.25, -0.2) is 8.42 Å². The maximum Gasteiger partial charge on any atom is 0.488 e. The van der Waals surface area contributed by atoms with Crippen molar-refractivity contribution >= 4 is 54.9 Å². The molecule has 0 saturated carbocycles. The average molecular weight is 374 g/mol. The van der Waals surface area contributed by atoms with Crippen LogP contribution in [-0.4, -0.2) is 25.6 Å². The summed E-state index contributed by atoms with van der Waals surface area (Å²) in [6, 6.07) is 3.02. The van der Waals surface area contributed by atoms with Crippen LogP contribution in [0.2, 0.25) is 0 Å². The van der Waals surface area contributed by atoms with Crippen molar-refractivity contribution in [2.45, 2.75) is 12.7 Å². The van der Waals surface area contributed by atoms with E-state index in [1.807, 2.05) is 22.6 Å². The second-order valence-corrected chi connectivity index (χ2v) is 7.28. The molecule has 0 amide bonds. The minimum absolute atomic E-state index is 0.255. The molecule has 2 N–H and O–H groups in total. The first-order valence-corrected chi connectivity index (χ1v) is 7.84. The number of benzene rings is 1. The van der Waals surface area contributed by atoms with Crippen LogP contribution in [0.25, 0.3) is 0 Å². The molecular weight excluding hydrogens is 365 g/mol. The molecule has 1 aromatic rings. The molecule has 0 aromatic heterocycles. The Bertz CT molecular complexity index is 503.